The van der Waals surface area contributed by atoms with E-state index in [1.54, 1.807) is 0 Å². The Bertz CT molecular complexity index is 2970. The van der Waals surface area contributed by atoms with Crippen LogP contribution in [0.25, 0.3) is 66.8 Å². The summed E-state index contributed by atoms with van der Waals surface area (Å²) >= 11 is 0. The number of rotatable bonds is 6. The molecule has 9 rings (SSSR count). The molecule has 0 saturated carbocycles. The summed E-state index contributed by atoms with van der Waals surface area (Å²) in [6.07, 6.45) is 0. The Morgan fingerprint density at radius 1 is 0.197 bits per heavy atom. The number of halogens is 18. The summed E-state index contributed by atoms with van der Waals surface area (Å²) < 4.78 is 239. The van der Waals surface area contributed by atoms with Crippen molar-refractivity contribution in [2.75, 3.05) is 0 Å². The maximum atomic E-state index is 13.4. The third-order valence-corrected chi connectivity index (χ3v) is 10.8. The van der Waals surface area contributed by atoms with E-state index in [1.807, 2.05) is 0 Å². The second-order valence-electron chi connectivity index (χ2n) is 15.6. The molecule has 0 radical (unpaired) electrons. The van der Waals surface area contributed by atoms with Crippen LogP contribution in [-0.4, -0.2) is 17.4 Å². The molecule has 9 aromatic rings. The molecule has 0 fully saturated rings. The van der Waals surface area contributed by atoms with Crippen molar-refractivity contribution in [2.24, 2.45) is 0 Å². The molecule has 0 saturated heterocycles. The SMILES string of the molecule is [Al+3].[O-]c1c(-c2cc(F)c(F)c(F)c2)cccc1-c1cc(F)c(F)c(F)c1.[O-]c1c(-c2cc(F)c(F)c(F)c2)cccc1-c1cc(F)c(F)c(F)c1.[O-]c1c(-c2cc(F)c(F)c(F)c2)cccc1-c1cc(F)c(F)c(F)c1. The third kappa shape index (κ3) is 11.6. The van der Waals surface area contributed by atoms with Gasteiger partial charge in [-0.3, -0.25) is 0 Å². The van der Waals surface area contributed by atoms with Gasteiger partial charge in [0, 0.05) is 0 Å². The fraction of sp³-hybridized carbons (Fsp3) is 0. The van der Waals surface area contributed by atoms with Gasteiger partial charge in [-0.1, -0.05) is 71.8 Å². The molecule has 0 atom stereocenters. The Morgan fingerprint density at radius 3 is 0.408 bits per heavy atom. The Labute approximate surface area is 426 Å². The van der Waals surface area contributed by atoms with Gasteiger partial charge in [0.05, 0.1) is 0 Å². The summed E-state index contributed by atoms with van der Waals surface area (Å²) in [5.41, 5.74) is -2.71. The molecular weight excluding hydrogens is 1070 g/mol. The van der Waals surface area contributed by atoms with Crippen LogP contribution in [0.1, 0.15) is 0 Å². The molecule has 9 aromatic carbocycles. The molecule has 0 amide bonds. The zero-order chi connectivity index (χ0) is 54.9. The largest absolute Gasteiger partial charge is 3.00 e. The van der Waals surface area contributed by atoms with Crippen molar-refractivity contribution in [1.29, 1.82) is 0 Å². The maximum absolute atomic E-state index is 13.4. The van der Waals surface area contributed by atoms with E-state index in [4.69, 9.17) is 0 Å². The minimum Gasteiger partial charge on any atom is -0.872 e. The van der Waals surface area contributed by atoms with Crippen molar-refractivity contribution < 1.29 is 94.3 Å². The Hall–Kier alpha value is -8.35. The smallest absolute Gasteiger partial charge is 0.872 e. The Balaban J connectivity index is 0.000000184. The van der Waals surface area contributed by atoms with Crippen LogP contribution in [0.2, 0.25) is 0 Å². The molecule has 0 aromatic heterocycles. The van der Waals surface area contributed by atoms with Gasteiger partial charge in [0.2, 0.25) is 0 Å². The van der Waals surface area contributed by atoms with E-state index in [-0.39, 0.29) is 84.1 Å². The Kier molecular flexibility index (Phi) is 17.3. The maximum Gasteiger partial charge on any atom is 3.00 e. The van der Waals surface area contributed by atoms with Crippen LogP contribution in [0, 0.1) is 105 Å². The molecule has 76 heavy (non-hydrogen) atoms. The van der Waals surface area contributed by atoms with Crippen LogP contribution in [0.4, 0.5) is 79.0 Å². The monoisotopic (exact) mass is 1090 g/mol. The summed E-state index contributed by atoms with van der Waals surface area (Å²) in [6, 6.07) is 18.8. The molecule has 0 N–H and O–H groups in total. The number of benzene rings is 9. The van der Waals surface area contributed by atoms with Crippen LogP contribution in [0.15, 0.2) is 127 Å². The fourth-order valence-electron chi connectivity index (χ4n) is 7.24. The third-order valence-electron chi connectivity index (χ3n) is 10.8. The minimum atomic E-state index is -1.69. The first-order valence-electron chi connectivity index (χ1n) is 20.7. The molecule has 0 aliphatic rings. The first kappa shape index (κ1) is 56.9. The fourth-order valence-corrected chi connectivity index (χ4v) is 7.24. The van der Waals surface area contributed by atoms with Crippen molar-refractivity contribution in [1.82, 2.24) is 0 Å². The summed E-state index contributed by atoms with van der Waals surface area (Å²) in [5, 5.41) is 37.5. The van der Waals surface area contributed by atoms with Gasteiger partial charge in [-0.2, -0.15) is 0 Å². The molecular formula is C54H21AlF18O3. The van der Waals surface area contributed by atoms with Crippen molar-refractivity contribution in [3.05, 3.63) is 232 Å². The predicted molar refractivity (Wildman–Crippen MR) is 235 cm³/mol. The van der Waals surface area contributed by atoms with Crippen LogP contribution >= 0.6 is 0 Å². The van der Waals surface area contributed by atoms with Gasteiger partial charge in [0.15, 0.2) is 105 Å². The van der Waals surface area contributed by atoms with Gasteiger partial charge in [-0.05, 0) is 140 Å². The van der Waals surface area contributed by atoms with Gasteiger partial charge >= 0.3 is 17.4 Å². The van der Waals surface area contributed by atoms with Crippen LogP contribution < -0.4 is 15.3 Å². The molecule has 0 heterocycles. The molecule has 0 aliphatic carbocycles. The van der Waals surface area contributed by atoms with E-state index in [9.17, 15) is 94.3 Å². The average Bonchev–Trinajstić information content (AvgIpc) is 3.36. The minimum absolute atomic E-state index is 0. The standard InChI is InChI=1S/3C18H8F6O.Al/c3*19-12-4-8(5-13(20)16(12)23)10-2-1-3-11(18(10)25)9-6-14(21)17(24)15(22)7-9;/h3*1-7,25H;/q;;;+3/p-3. The van der Waals surface area contributed by atoms with Crippen LogP contribution in [0.5, 0.6) is 17.2 Å². The predicted octanol–water partition coefficient (Wildman–Crippen LogP) is 14.4. The van der Waals surface area contributed by atoms with Gasteiger partial charge in [0.1, 0.15) is 0 Å². The van der Waals surface area contributed by atoms with E-state index in [0.717, 1.165) is 0 Å². The van der Waals surface area contributed by atoms with Gasteiger partial charge in [-0.15, -0.1) is 0 Å². The summed E-state index contributed by atoms with van der Waals surface area (Å²) in [6.45, 7) is 0. The molecule has 0 unspecified atom stereocenters. The Morgan fingerprint density at radius 2 is 0.303 bits per heavy atom. The number of para-hydroxylation sites is 3. The first-order valence-corrected chi connectivity index (χ1v) is 20.7. The molecule has 0 aliphatic heterocycles. The number of hydrogen-bond donors (Lipinski definition) is 0. The van der Waals surface area contributed by atoms with Crippen molar-refractivity contribution in [3.63, 3.8) is 0 Å². The zero-order valence-corrected chi connectivity index (χ0v) is 38.4. The van der Waals surface area contributed by atoms with E-state index in [1.165, 1.54) is 54.6 Å². The van der Waals surface area contributed by atoms with Crippen molar-refractivity contribution in [2.45, 2.75) is 0 Å². The van der Waals surface area contributed by atoms with Crippen LogP contribution in [0.3, 0.4) is 0 Å². The molecule has 22 heteroatoms. The van der Waals surface area contributed by atoms with E-state index in [0.29, 0.717) is 72.8 Å². The van der Waals surface area contributed by atoms with Crippen molar-refractivity contribution >= 4 is 17.4 Å². The molecule has 3 nitrogen and oxygen atoms in total. The van der Waals surface area contributed by atoms with Crippen LogP contribution in [-0.2, 0) is 0 Å². The van der Waals surface area contributed by atoms with Gasteiger partial charge < -0.3 is 15.3 Å². The van der Waals surface area contributed by atoms with E-state index < -0.39 is 122 Å². The topological polar surface area (TPSA) is 69.2 Å². The number of hydrogen-bond acceptors (Lipinski definition) is 3. The van der Waals surface area contributed by atoms with Crippen molar-refractivity contribution in [3.8, 4) is 84.0 Å². The van der Waals surface area contributed by atoms with Gasteiger partial charge in [-0.25, -0.2) is 79.0 Å². The van der Waals surface area contributed by atoms with E-state index in [2.05, 4.69) is 0 Å². The summed E-state index contributed by atoms with van der Waals surface area (Å²) in [4.78, 5) is 0. The quantitative estimate of drug-likeness (QED) is 0.0946. The molecule has 384 valence electrons. The zero-order valence-electron chi connectivity index (χ0n) is 37.2. The summed E-state index contributed by atoms with van der Waals surface area (Å²) in [7, 11) is 0. The van der Waals surface area contributed by atoms with E-state index >= 15 is 0 Å². The summed E-state index contributed by atoms with van der Waals surface area (Å²) in [5.74, 6) is -30.4. The second-order valence-corrected chi connectivity index (χ2v) is 15.6. The van der Waals surface area contributed by atoms with Gasteiger partial charge in [0.25, 0.3) is 0 Å². The molecule has 0 spiro atoms. The normalized spacial score (nSPS) is 10.8. The first-order chi connectivity index (χ1) is 35.4. The second kappa shape index (κ2) is 23.0. The molecule has 0 bridgehead atoms. The average molecular weight is 1090 g/mol.